The highest BCUT2D eigenvalue weighted by Crippen LogP contribution is 2.17. The Morgan fingerprint density at radius 3 is 2.38 bits per heavy atom. The molecule has 0 saturated carbocycles. The predicted molar refractivity (Wildman–Crippen MR) is 111 cm³/mol. The first-order chi connectivity index (χ1) is 12.8. The van der Waals surface area contributed by atoms with E-state index in [0.717, 1.165) is 48.3 Å². The first kappa shape index (κ1) is 20.6. The van der Waals surface area contributed by atoms with E-state index in [9.17, 15) is 0 Å². The average molecular weight is 355 g/mol. The zero-order valence-electron chi connectivity index (χ0n) is 16.5. The van der Waals surface area contributed by atoms with Crippen molar-refractivity contribution in [3.63, 3.8) is 0 Å². The van der Waals surface area contributed by atoms with Gasteiger partial charge in [-0.25, -0.2) is 9.97 Å². The van der Waals surface area contributed by atoms with E-state index in [1.54, 1.807) is 7.11 Å². The number of unbranched alkanes of at least 4 members (excludes halogenated alkanes) is 7. The zero-order chi connectivity index (χ0) is 18.5. The van der Waals surface area contributed by atoms with E-state index >= 15 is 0 Å². The molecule has 0 aliphatic rings. The number of aromatic nitrogens is 2. The van der Waals surface area contributed by atoms with Gasteiger partial charge in [0.25, 0.3) is 0 Å². The van der Waals surface area contributed by atoms with Crippen molar-refractivity contribution in [2.45, 2.75) is 71.1 Å². The molecule has 0 bridgehead atoms. The van der Waals surface area contributed by atoms with E-state index in [4.69, 9.17) is 14.7 Å². The first-order valence-electron chi connectivity index (χ1n) is 10.3. The smallest absolute Gasteiger partial charge is 0.0894 e. The van der Waals surface area contributed by atoms with Crippen LogP contribution in [0.1, 0.15) is 76.1 Å². The number of benzene rings is 1. The molecule has 1 aromatic carbocycles. The van der Waals surface area contributed by atoms with Gasteiger partial charge in [0.15, 0.2) is 0 Å². The summed E-state index contributed by atoms with van der Waals surface area (Å²) in [6.07, 6.45) is 16.5. The fraction of sp³-hybridized carbons (Fsp3) is 0.565. The van der Waals surface area contributed by atoms with Crippen LogP contribution in [0.3, 0.4) is 0 Å². The minimum atomic E-state index is 0.879. The Labute approximate surface area is 158 Å². The molecule has 0 fully saturated rings. The number of hydrogen-bond donors (Lipinski definition) is 0. The van der Waals surface area contributed by atoms with Crippen LogP contribution in [-0.2, 0) is 11.2 Å². The van der Waals surface area contributed by atoms with E-state index in [1.807, 2.05) is 12.1 Å². The van der Waals surface area contributed by atoms with Crippen molar-refractivity contribution in [2.75, 3.05) is 13.7 Å². The summed E-state index contributed by atoms with van der Waals surface area (Å²) < 4.78 is 5.09. The quantitative estimate of drug-likeness (QED) is 0.392. The summed E-state index contributed by atoms with van der Waals surface area (Å²) in [5, 5.41) is 0. The van der Waals surface area contributed by atoms with Gasteiger partial charge < -0.3 is 4.74 Å². The molecule has 1 heterocycles. The summed E-state index contributed by atoms with van der Waals surface area (Å²) in [5.74, 6) is 0. The van der Waals surface area contributed by atoms with Crippen LogP contribution in [0.5, 0.6) is 0 Å². The van der Waals surface area contributed by atoms with E-state index in [-0.39, 0.29) is 0 Å². The number of methoxy groups -OCH3 is 1. The molecule has 3 heteroatoms. The van der Waals surface area contributed by atoms with Crippen molar-refractivity contribution in [1.82, 2.24) is 9.97 Å². The van der Waals surface area contributed by atoms with Gasteiger partial charge in [0.1, 0.15) is 0 Å². The fourth-order valence-corrected chi connectivity index (χ4v) is 3.14. The SMILES string of the molecule is CCCCCCc1nc2ccccc2nc1/C=C/CCCCCCOC. The molecule has 0 radical (unpaired) electrons. The van der Waals surface area contributed by atoms with Crippen molar-refractivity contribution < 1.29 is 4.74 Å². The molecule has 142 valence electrons. The number of rotatable bonds is 13. The monoisotopic (exact) mass is 354 g/mol. The van der Waals surface area contributed by atoms with Crippen molar-refractivity contribution >= 4 is 17.1 Å². The first-order valence-corrected chi connectivity index (χ1v) is 10.3. The number of ether oxygens (including phenoxy) is 1. The Balaban J connectivity index is 1.95. The highest BCUT2D eigenvalue weighted by Gasteiger charge is 2.06. The molecule has 0 N–H and O–H groups in total. The van der Waals surface area contributed by atoms with Gasteiger partial charge in [-0.1, -0.05) is 57.2 Å². The van der Waals surface area contributed by atoms with Crippen LogP contribution in [0.15, 0.2) is 30.3 Å². The second-order valence-corrected chi connectivity index (χ2v) is 6.95. The van der Waals surface area contributed by atoms with Gasteiger partial charge in [-0.2, -0.15) is 0 Å². The molecule has 0 aliphatic carbocycles. The topological polar surface area (TPSA) is 35.0 Å². The van der Waals surface area contributed by atoms with Crippen LogP contribution in [0.2, 0.25) is 0 Å². The predicted octanol–water partition coefficient (Wildman–Crippen LogP) is 6.36. The maximum atomic E-state index is 5.09. The summed E-state index contributed by atoms with van der Waals surface area (Å²) in [5.41, 5.74) is 4.20. The lowest BCUT2D eigenvalue weighted by molar-refractivity contribution is 0.192. The van der Waals surface area contributed by atoms with Gasteiger partial charge in [-0.15, -0.1) is 0 Å². The van der Waals surface area contributed by atoms with Crippen molar-refractivity contribution in [1.29, 1.82) is 0 Å². The molecule has 0 aliphatic heterocycles. The number of nitrogens with zero attached hydrogens (tertiary/aromatic N) is 2. The molecule has 3 nitrogen and oxygen atoms in total. The minimum absolute atomic E-state index is 0.879. The standard InChI is InChI=1S/C23H34N2O/c1-3-4-5-10-15-20-21(16-11-8-6-7-9-14-19-26-2)25-23-18-13-12-17-22(23)24-20/h11-13,16-18H,3-10,14-15,19H2,1-2H3/b16-11+. The summed E-state index contributed by atoms with van der Waals surface area (Å²) >= 11 is 0. The Kier molecular flexibility index (Phi) is 9.96. The number of hydrogen-bond acceptors (Lipinski definition) is 3. The van der Waals surface area contributed by atoms with Crippen LogP contribution in [0, 0.1) is 0 Å². The van der Waals surface area contributed by atoms with Crippen LogP contribution < -0.4 is 0 Å². The van der Waals surface area contributed by atoms with Crippen molar-refractivity contribution in [3.05, 3.63) is 41.7 Å². The molecular formula is C23H34N2O. The molecule has 2 rings (SSSR count). The largest absolute Gasteiger partial charge is 0.385 e. The van der Waals surface area contributed by atoms with Gasteiger partial charge in [0.05, 0.1) is 22.4 Å². The van der Waals surface area contributed by atoms with Gasteiger partial charge in [0, 0.05) is 13.7 Å². The third kappa shape index (κ3) is 7.25. The van der Waals surface area contributed by atoms with Gasteiger partial charge in [0.2, 0.25) is 0 Å². The second kappa shape index (κ2) is 12.6. The molecule has 26 heavy (non-hydrogen) atoms. The third-order valence-corrected chi connectivity index (χ3v) is 4.69. The molecule has 2 aromatic rings. The normalized spacial score (nSPS) is 11.6. The summed E-state index contributed by atoms with van der Waals surface area (Å²) in [6.45, 7) is 3.13. The molecule has 0 amide bonds. The molecule has 0 atom stereocenters. The van der Waals surface area contributed by atoms with E-state index in [2.05, 4.69) is 31.2 Å². The third-order valence-electron chi connectivity index (χ3n) is 4.69. The van der Waals surface area contributed by atoms with Crippen LogP contribution in [0.4, 0.5) is 0 Å². The average Bonchev–Trinajstić information content (AvgIpc) is 2.67. The second-order valence-electron chi connectivity index (χ2n) is 6.95. The van der Waals surface area contributed by atoms with Crippen LogP contribution >= 0.6 is 0 Å². The fourth-order valence-electron chi connectivity index (χ4n) is 3.14. The molecule has 0 unspecified atom stereocenters. The molecule has 0 saturated heterocycles. The number of allylic oxidation sites excluding steroid dienone is 1. The Morgan fingerprint density at radius 1 is 0.885 bits per heavy atom. The van der Waals surface area contributed by atoms with Gasteiger partial charge in [-0.3, -0.25) is 0 Å². The lowest BCUT2D eigenvalue weighted by Gasteiger charge is -2.07. The van der Waals surface area contributed by atoms with Gasteiger partial charge in [-0.05, 0) is 50.3 Å². The maximum absolute atomic E-state index is 5.09. The number of aryl methyl sites for hydroxylation is 1. The molecule has 1 aromatic heterocycles. The van der Waals surface area contributed by atoms with E-state index in [0.29, 0.717) is 0 Å². The number of fused-ring (bicyclic) bond motifs is 1. The molecule has 0 spiro atoms. The zero-order valence-corrected chi connectivity index (χ0v) is 16.5. The van der Waals surface area contributed by atoms with E-state index < -0.39 is 0 Å². The van der Waals surface area contributed by atoms with Crippen molar-refractivity contribution in [3.8, 4) is 0 Å². The Hall–Kier alpha value is -1.74. The minimum Gasteiger partial charge on any atom is -0.385 e. The summed E-state index contributed by atoms with van der Waals surface area (Å²) in [4.78, 5) is 9.76. The van der Waals surface area contributed by atoms with Crippen molar-refractivity contribution in [2.24, 2.45) is 0 Å². The highest BCUT2D eigenvalue weighted by atomic mass is 16.5. The number of para-hydroxylation sites is 2. The lowest BCUT2D eigenvalue weighted by Crippen LogP contribution is -1.99. The van der Waals surface area contributed by atoms with Crippen LogP contribution in [-0.4, -0.2) is 23.7 Å². The van der Waals surface area contributed by atoms with E-state index in [1.165, 1.54) is 44.9 Å². The summed E-state index contributed by atoms with van der Waals surface area (Å²) in [6, 6.07) is 8.18. The van der Waals surface area contributed by atoms with Crippen LogP contribution in [0.25, 0.3) is 17.1 Å². The van der Waals surface area contributed by atoms with Gasteiger partial charge >= 0.3 is 0 Å². The highest BCUT2D eigenvalue weighted by molar-refractivity contribution is 5.75. The lowest BCUT2D eigenvalue weighted by atomic mass is 10.1. The Bertz CT molecular complexity index is 666. The molecular weight excluding hydrogens is 320 g/mol. The summed E-state index contributed by atoms with van der Waals surface area (Å²) in [7, 11) is 1.77. The Morgan fingerprint density at radius 2 is 1.62 bits per heavy atom. The maximum Gasteiger partial charge on any atom is 0.0894 e.